The number of nitrogens with zero attached hydrogens (tertiary/aromatic N) is 5. The van der Waals surface area contributed by atoms with Crippen LogP contribution >= 0.6 is 15.9 Å². The summed E-state index contributed by atoms with van der Waals surface area (Å²) in [4.78, 5) is 15.4. The van der Waals surface area contributed by atoms with Crippen LogP contribution in [0, 0.1) is 6.92 Å². The van der Waals surface area contributed by atoms with Crippen molar-refractivity contribution in [2.24, 2.45) is 0 Å². The fourth-order valence-corrected chi connectivity index (χ4v) is 3.38. The van der Waals surface area contributed by atoms with Gasteiger partial charge < -0.3 is 5.11 Å². The Morgan fingerprint density at radius 1 is 1.29 bits per heavy atom. The molecule has 0 unspecified atom stereocenters. The number of hydrogen-bond donors (Lipinski definition) is 1. The second kappa shape index (κ2) is 4.01. The van der Waals surface area contributed by atoms with Crippen LogP contribution in [0.4, 0.5) is 0 Å². The predicted octanol–water partition coefficient (Wildman–Crippen LogP) is 2.30. The second-order valence-corrected chi connectivity index (χ2v) is 5.61. The van der Waals surface area contributed by atoms with Gasteiger partial charge in [-0.3, -0.25) is 8.80 Å². The van der Waals surface area contributed by atoms with Crippen molar-refractivity contribution < 1.29 is 9.90 Å². The van der Waals surface area contributed by atoms with Crippen LogP contribution in [0.15, 0.2) is 29.3 Å². The fourth-order valence-electron chi connectivity index (χ4n) is 2.61. The average molecular weight is 346 g/mol. The van der Waals surface area contributed by atoms with Gasteiger partial charge in [-0.25, -0.2) is 9.78 Å². The van der Waals surface area contributed by atoms with Gasteiger partial charge in [-0.15, -0.1) is 10.2 Å². The van der Waals surface area contributed by atoms with E-state index in [1.807, 2.05) is 19.1 Å². The SMILES string of the molecule is Cc1cc(Br)c2c(c1)c1nncn1c1c(C(=O)O)ncn21. The molecular formula is C13H8BrN5O2. The Hall–Kier alpha value is -2.48. The number of carboxylic acids is 1. The number of aromatic nitrogens is 5. The Labute approximate surface area is 126 Å². The summed E-state index contributed by atoms with van der Waals surface area (Å²) in [6.07, 6.45) is 3.00. The molecule has 7 nitrogen and oxygen atoms in total. The van der Waals surface area contributed by atoms with E-state index in [2.05, 4.69) is 31.1 Å². The van der Waals surface area contributed by atoms with Crippen molar-refractivity contribution in [1.29, 1.82) is 0 Å². The molecule has 0 fully saturated rings. The van der Waals surface area contributed by atoms with Crippen molar-refractivity contribution in [3.63, 3.8) is 0 Å². The molecule has 0 aliphatic carbocycles. The molecule has 0 amide bonds. The van der Waals surface area contributed by atoms with Crippen LogP contribution < -0.4 is 0 Å². The van der Waals surface area contributed by atoms with E-state index in [1.54, 1.807) is 8.80 Å². The van der Waals surface area contributed by atoms with E-state index in [1.165, 1.54) is 12.7 Å². The maximum absolute atomic E-state index is 11.4. The molecule has 0 radical (unpaired) electrons. The number of aromatic carboxylic acids is 1. The van der Waals surface area contributed by atoms with E-state index < -0.39 is 5.97 Å². The highest BCUT2D eigenvalue weighted by Crippen LogP contribution is 2.30. The topological polar surface area (TPSA) is 84.8 Å². The van der Waals surface area contributed by atoms with Crippen molar-refractivity contribution in [2.75, 3.05) is 0 Å². The molecule has 1 aromatic carbocycles. The number of imidazole rings is 1. The lowest BCUT2D eigenvalue weighted by Crippen LogP contribution is -2.03. The molecular weight excluding hydrogens is 338 g/mol. The fraction of sp³-hybridized carbons (Fsp3) is 0.0769. The highest BCUT2D eigenvalue weighted by Gasteiger charge is 2.20. The second-order valence-electron chi connectivity index (χ2n) is 4.76. The first kappa shape index (κ1) is 12.3. The number of hydrogen-bond acceptors (Lipinski definition) is 4. The average Bonchev–Trinajstić information content (AvgIpc) is 3.03. The summed E-state index contributed by atoms with van der Waals surface area (Å²) in [5.41, 5.74) is 2.88. The van der Waals surface area contributed by atoms with E-state index in [-0.39, 0.29) is 5.69 Å². The normalized spacial score (nSPS) is 11.7. The van der Waals surface area contributed by atoms with Crippen molar-refractivity contribution in [1.82, 2.24) is 24.0 Å². The van der Waals surface area contributed by atoms with Gasteiger partial charge in [0.25, 0.3) is 0 Å². The zero-order chi connectivity index (χ0) is 14.7. The summed E-state index contributed by atoms with van der Waals surface area (Å²) in [5, 5.41) is 18.2. The Morgan fingerprint density at radius 3 is 2.86 bits per heavy atom. The number of carbonyl (C=O) groups is 1. The summed E-state index contributed by atoms with van der Waals surface area (Å²) in [5.74, 6) is -1.09. The van der Waals surface area contributed by atoms with Crippen molar-refractivity contribution >= 4 is 44.1 Å². The summed E-state index contributed by atoms with van der Waals surface area (Å²) in [6.45, 7) is 1.98. The number of halogens is 1. The predicted molar refractivity (Wildman–Crippen MR) is 78.6 cm³/mol. The summed E-state index contributed by atoms with van der Waals surface area (Å²) >= 11 is 3.54. The minimum Gasteiger partial charge on any atom is -0.476 e. The molecule has 0 atom stereocenters. The van der Waals surface area contributed by atoms with Crippen LogP contribution in [0.5, 0.6) is 0 Å². The molecule has 3 heterocycles. The molecule has 0 saturated carbocycles. The molecule has 1 N–H and O–H groups in total. The third-order valence-corrected chi connectivity index (χ3v) is 4.01. The highest BCUT2D eigenvalue weighted by atomic mass is 79.9. The molecule has 0 spiro atoms. The lowest BCUT2D eigenvalue weighted by molar-refractivity contribution is 0.0693. The Bertz CT molecular complexity index is 1050. The maximum Gasteiger partial charge on any atom is 0.358 e. The quantitative estimate of drug-likeness (QED) is 0.572. The minimum atomic E-state index is -1.09. The van der Waals surface area contributed by atoms with E-state index in [0.29, 0.717) is 11.3 Å². The third-order valence-electron chi connectivity index (χ3n) is 3.41. The van der Waals surface area contributed by atoms with Crippen LogP contribution in [0.25, 0.3) is 22.2 Å². The standard InChI is InChI=1S/C13H8BrN5O2/c1-6-2-7-10(8(14)3-6)18-4-15-9(13(20)21)12(18)19-5-16-17-11(7)19/h2-5H,1H3,(H,20,21). The molecule has 0 bridgehead atoms. The molecule has 4 rings (SSSR count). The third kappa shape index (κ3) is 1.53. The molecule has 8 heteroatoms. The molecule has 0 saturated heterocycles. The van der Waals surface area contributed by atoms with E-state index in [4.69, 9.17) is 0 Å². The zero-order valence-electron chi connectivity index (χ0n) is 10.8. The molecule has 0 aliphatic heterocycles. The van der Waals surface area contributed by atoms with Gasteiger partial charge in [-0.2, -0.15) is 0 Å². The van der Waals surface area contributed by atoms with Gasteiger partial charge in [0, 0.05) is 9.86 Å². The Kier molecular flexibility index (Phi) is 2.35. The molecule has 0 aliphatic rings. The molecule has 4 aromatic rings. The molecule has 3 aromatic heterocycles. The smallest absolute Gasteiger partial charge is 0.358 e. The first-order valence-corrected chi connectivity index (χ1v) is 6.89. The van der Waals surface area contributed by atoms with Crippen LogP contribution in [0.2, 0.25) is 0 Å². The number of benzene rings is 1. The highest BCUT2D eigenvalue weighted by molar-refractivity contribution is 9.10. The van der Waals surface area contributed by atoms with E-state index in [9.17, 15) is 9.90 Å². The number of rotatable bonds is 1. The monoisotopic (exact) mass is 345 g/mol. The molecule has 21 heavy (non-hydrogen) atoms. The largest absolute Gasteiger partial charge is 0.476 e. The lowest BCUT2D eigenvalue weighted by Gasteiger charge is -2.09. The van der Waals surface area contributed by atoms with Gasteiger partial charge in [-0.05, 0) is 40.5 Å². The van der Waals surface area contributed by atoms with Crippen LogP contribution in [0.3, 0.4) is 0 Å². The van der Waals surface area contributed by atoms with Crippen LogP contribution in [-0.4, -0.2) is 35.1 Å². The Morgan fingerprint density at radius 2 is 2.10 bits per heavy atom. The number of fused-ring (bicyclic) bond motifs is 6. The number of carboxylic acid groups (broad SMARTS) is 1. The first-order valence-electron chi connectivity index (χ1n) is 6.10. The van der Waals surface area contributed by atoms with Crippen molar-refractivity contribution in [3.05, 3.63) is 40.5 Å². The lowest BCUT2D eigenvalue weighted by atomic mass is 10.1. The molecule has 104 valence electrons. The van der Waals surface area contributed by atoms with Gasteiger partial charge in [0.15, 0.2) is 17.0 Å². The van der Waals surface area contributed by atoms with Crippen LogP contribution in [0.1, 0.15) is 16.1 Å². The van der Waals surface area contributed by atoms with Gasteiger partial charge >= 0.3 is 5.97 Å². The van der Waals surface area contributed by atoms with Crippen LogP contribution in [-0.2, 0) is 0 Å². The van der Waals surface area contributed by atoms with E-state index in [0.717, 1.165) is 20.9 Å². The van der Waals surface area contributed by atoms with E-state index >= 15 is 0 Å². The van der Waals surface area contributed by atoms with Gasteiger partial charge in [0.05, 0.1) is 5.52 Å². The summed E-state index contributed by atoms with van der Waals surface area (Å²) in [7, 11) is 0. The Balaban J connectivity index is 2.40. The maximum atomic E-state index is 11.4. The first-order chi connectivity index (χ1) is 10.1. The zero-order valence-corrected chi connectivity index (χ0v) is 12.4. The summed E-state index contributed by atoms with van der Waals surface area (Å²) in [6, 6.07) is 3.96. The summed E-state index contributed by atoms with van der Waals surface area (Å²) < 4.78 is 4.23. The number of aryl methyl sites for hydroxylation is 1. The van der Waals surface area contributed by atoms with Gasteiger partial charge in [0.1, 0.15) is 12.7 Å². The van der Waals surface area contributed by atoms with Gasteiger partial charge in [-0.1, -0.05) is 0 Å². The van der Waals surface area contributed by atoms with Crippen molar-refractivity contribution in [3.8, 4) is 0 Å². The minimum absolute atomic E-state index is 0.0332. The van der Waals surface area contributed by atoms with Gasteiger partial charge in [0.2, 0.25) is 0 Å². The van der Waals surface area contributed by atoms with Crippen molar-refractivity contribution in [2.45, 2.75) is 6.92 Å².